The van der Waals surface area contributed by atoms with Gasteiger partial charge in [-0.25, -0.2) is 0 Å². The first-order valence-corrected chi connectivity index (χ1v) is 7.01. The van der Waals surface area contributed by atoms with Crippen LogP contribution in [0.2, 0.25) is 5.02 Å². The molecule has 1 amide bonds. The third-order valence-electron chi connectivity index (χ3n) is 3.02. The van der Waals surface area contributed by atoms with Crippen LogP contribution in [0, 0.1) is 0 Å². The van der Waals surface area contributed by atoms with Crippen LogP contribution in [0.15, 0.2) is 59.3 Å². The van der Waals surface area contributed by atoms with Crippen molar-refractivity contribution in [2.75, 3.05) is 0 Å². The summed E-state index contributed by atoms with van der Waals surface area (Å²) in [4.78, 5) is 15.9. The number of rotatable bonds is 4. The average molecular weight is 314 g/mol. The summed E-state index contributed by atoms with van der Waals surface area (Å²) in [6.07, 6.45) is 1.57. The molecule has 0 unspecified atom stereocenters. The van der Waals surface area contributed by atoms with Crippen LogP contribution in [-0.4, -0.2) is 16.0 Å². The summed E-state index contributed by atoms with van der Waals surface area (Å²) in [6.45, 7) is 0.270. The molecule has 0 radical (unpaired) electrons. The minimum absolute atomic E-state index is 0.253. The van der Waals surface area contributed by atoms with Gasteiger partial charge in [0, 0.05) is 22.8 Å². The van der Waals surface area contributed by atoms with Crippen LogP contribution < -0.4 is 5.32 Å². The Balaban J connectivity index is 1.65. The molecule has 0 aliphatic carbocycles. The van der Waals surface area contributed by atoms with Crippen LogP contribution in [0.4, 0.5) is 0 Å². The van der Waals surface area contributed by atoms with Crippen LogP contribution in [0.1, 0.15) is 16.2 Å². The maximum Gasteiger partial charge on any atom is 0.270 e. The minimum Gasteiger partial charge on any atom is -0.356 e. The summed E-state index contributed by atoms with van der Waals surface area (Å²) >= 11 is 5.85. The second-order valence-electron chi connectivity index (χ2n) is 4.59. The highest BCUT2D eigenvalue weighted by Gasteiger charge is 2.10. The van der Waals surface area contributed by atoms with Gasteiger partial charge in [0.05, 0.1) is 6.54 Å². The lowest BCUT2D eigenvalue weighted by Gasteiger charge is -2.01. The summed E-state index contributed by atoms with van der Waals surface area (Å²) < 4.78 is 5.27. The zero-order valence-electron chi connectivity index (χ0n) is 11.5. The zero-order chi connectivity index (χ0) is 15.4. The number of nitrogens with zero attached hydrogens (tertiary/aromatic N) is 2. The molecule has 0 aliphatic rings. The van der Waals surface area contributed by atoms with E-state index in [2.05, 4.69) is 15.5 Å². The first kappa shape index (κ1) is 14.3. The van der Waals surface area contributed by atoms with E-state index in [1.54, 1.807) is 42.6 Å². The molecule has 0 bridgehead atoms. The first-order valence-electron chi connectivity index (χ1n) is 6.63. The highest BCUT2D eigenvalue weighted by atomic mass is 35.5. The van der Waals surface area contributed by atoms with Crippen molar-refractivity contribution in [2.24, 2.45) is 0 Å². The van der Waals surface area contributed by atoms with Crippen molar-refractivity contribution >= 4 is 17.5 Å². The van der Waals surface area contributed by atoms with Gasteiger partial charge in [-0.3, -0.25) is 9.78 Å². The minimum atomic E-state index is -0.253. The lowest BCUT2D eigenvalue weighted by atomic mass is 10.1. The van der Waals surface area contributed by atoms with E-state index in [1.165, 1.54) is 0 Å². The number of benzene rings is 1. The van der Waals surface area contributed by atoms with Crippen molar-refractivity contribution in [1.29, 1.82) is 0 Å². The third kappa shape index (κ3) is 3.32. The highest BCUT2D eigenvalue weighted by molar-refractivity contribution is 6.30. The number of aromatic nitrogens is 2. The second kappa shape index (κ2) is 6.41. The quantitative estimate of drug-likeness (QED) is 0.802. The van der Waals surface area contributed by atoms with Crippen molar-refractivity contribution in [3.05, 3.63) is 71.1 Å². The van der Waals surface area contributed by atoms with Crippen molar-refractivity contribution in [1.82, 2.24) is 15.5 Å². The van der Waals surface area contributed by atoms with E-state index in [1.807, 2.05) is 12.1 Å². The number of pyridine rings is 1. The van der Waals surface area contributed by atoms with Gasteiger partial charge in [-0.2, -0.15) is 0 Å². The first-order chi connectivity index (χ1) is 10.7. The Morgan fingerprint density at radius 1 is 1.18 bits per heavy atom. The SMILES string of the molecule is O=C(NCc1cc(-c2ccc(Cl)cc2)on1)c1ccccn1. The molecule has 110 valence electrons. The largest absolute Gasteiger partial charge is 0.356 e. The molecule has 0 atom stereocenters. The summed E-state index contributed by atoms with van der Waals surface area (Å²) in [7, 11) is 0. The van der Waals surface area contributed by atoms with E-state index in [4.69, 9.17) is 16.1 Å². The van der Waals surface area contributed by atoms with E-state index in [-0.39, 0.29) is 12.5 Å². The molecular formula is C16H12ClN3O2. The smallest absolute Gasteiger partial charge is 0.270 e. The van der Waals surface area contributed by atoms with Gasteiger partial charge in [-0.15, -0.1) is 0 Å². The highest BCUT2D eigenvalue weighted by Crippen LogP contribution is 2.22. The zero-order valence-corrected chi connectivity index (χ0v) is 12.2. The number of hydrogen-bond donors (Lipinski definition) is 1. The van der Waals surface area contributed by atoms with Crippen molar-refractivity contribution in [2.45, 2.75) is 6.54 Å². The molecule has 2 heterocycles. The molecule has 3 rings (SSSR count). The number of nitrogens with one attached hydrogen (secondary N) is 1. The molecule has 2 aromatic heterocycles. The normalized spacial score (nSPS) is 10.4. The lowest BCUT2D eigenvalue weighted by Crippen LogP contribution is -2.23. The summed E-state index contributed by atoms with van der Waals surface area (Å²) in [5.41, 5.74) is 1.87. The van der Waals surface area contributed by atoms with Gasteiger partial charge in [-0.05, 0) is 36.4 Å². The Bertz CT molecular complexity index is 770. The lowest BCUT2D eigenvalue weighted by molar-refractivity contribution is 0.0945. The number of halogens is 1. The van der Waals surface area contributed by atoms with Gasteiger partial charge in [0.25, 0.3) is 5.91 Å². The van der Waals surface area contributed by atoms with Crippen LogP contribution in [0.3, 0.4) is 0 Å². The Kier molecular flexibility index (Phi) is 4.16. The van der Waals surface area contributed by atoms with Crippen LogP contribution >= 0.6 is 11.6 Å². The Hall–Kier alpha value is -2.66. The molecule has 0 aliphatic heterocycles. The van der Waals surface area contributed by atoms with Gasteiger partial charge in [-0.1, -0.05) is 22.8 Å². The fourth-order valence-corrected chi connectivity index (χ4v) is 2.03. The van der Waals surface area contributed by atoms with Crippen molar-refractivity contribution < 1.29 is 9.32 Å². The van der Waals surface area contributed by atoms with Crippen LogP contribution in [-0.2, 0) is 6.54 Å². The number of carbonyl (C=O) groups excluding carboxylic acids is 1. The fourth-order valence-electron chi connectivity index (χ4n) is 1.90. The molecule has 0 saturated carbocycles. The van der Waals surface area contributed by atoms with E-state index in [9.17, 15) is 4.79 Å². The second-order valence-corrected chi connectivity index (χ2v) is 5.02. The van der Waals surface area contributed by atoms with Crippen LogP contribution in [0.5, 0.6) is 0 Å². The van der Waals surface area contributed by atoms with Gasteiger partial charge in [0.15, 0.2) is 5.76 Å². The van der Waals surface area contributed by atoms with E-state index >= 15 is 0 Å². The Labute approximate surface area is 131 Å². The molecule has 22 heavy (non-hydrogen) atoms. The van der Waals surface area contributed by atoms with Gasteiger partial charge in [0.2, 0.25) is 0 Å². The molecule has 0 fully saturated rings. The maximum absolute atomic E-state index is 11.9. The molecule has 1 aromatic carbocycles. The van der Waals surface area contributed by atoms with E-state index in [0.717, 1.165) is 5.56 Å². The summed E-state index contributed by atoms with van der Waals surface area (Å²) in [5.74, 6) is 0.371. The summed E-state index contributed by atoms with van der Waals surface area (Å²) in [5, 5.41) is 7.34. The van der Waals surface area contributed by atoms with E-state index in [0.29, 0.717) is 22.2 Å². The molecule has 6 heteroatoms. The van der Waals surface area contributed by atoms with Crippen LogP contribution in [0.25, 0.3) is 11.3 Å². The molecular weight excluding hydrogens is 302 g/mol. The van der Waals surface area contributed by atoms with E-state index < -0.39 is 0 Å². The predicted octanol–water partition coefficient (Wildman–Crippen LogP) is 3.32. The molecule has 5 nitrogen and oxygen atoms in total. The van der Waals surface area contributed by atoms with Gasteiger partial charge in [0.1, 0.15) is 11.4 Å². The average Bonchev–Trinajstić information content (AvgIpc) is 3.03. The molecule has 0 spiro atoms. The maximum atomic E-state index is 11.9. The topological polar surface area (TPSA) is 68.0 Å². The third-order valence-corrected chi connectivity index (χ3v) is 3.27. The van der Waals surface area contributed by atoms with Gasteiger partial charge < -0.3 is 9.84 Å². The Morgan fingerprint density at radius 3 is 2.73 bits per heavy atom. The molecule has 0 saturated heterocycles. The van der Waals surface area contributed by atoms with Crippen molar-refractivity contribution in [3.8, 4) is 11.3 Å². The Morgan fingerprint density at radius 2 is 2.00 bits per heavy atom. The standard InChI is InChI=1S/C16H12ClN3O2/c17-12-6-4-11(5-7-12)15-9-13(20-22-15)10-19-16(21)14-3-1-2-8-18-14/h1-9H,10H2,(H,19,21). The monoisotopic (exact) mass is 313 g/mol. The fraction of sp³-hybridized carbons (Fsp3) is 0.0625. The summed E-state index contributed by atoms with van der Waals surface area (Å²) in [6, 6.07) is 14.2. The van der Waals surface area contributed by atoms with Gasteiger partial charge >= 0.3 is 0 Å². The number of amides is 1. The predicted molar refractivity (Wildman–Crippen MR) is 82.4 cm³/mol. The van der Waals surface area contributed by atoms with Crippen molar-refractivity contribution in [3.63, 3.8) is 0 Å². The molecule has 1 N–H and O–H groups in total. The number of hydrogen-bond acceptors (Lipinski definition) is 4. The number of carbonyl (C=O) groups is 1. The molecule has 3 aromatic rings.